The van der Waals surface area contributed by atoms with Crippen molar-refractivity contribution in [1.82, 2.24) is 24.8 Å². The van der Waals surface area contributed by atoms with Crippen molar-refractivity contribution in [1.29, 1.82) is 0 Å². The maximum Gasteiger partial charge on any atom is 0.256 e. The normalized spacial score (nSPS) is 24.8. The number of nitrogens with one attached hydrogen (secondary N) is 3. The number of amides is 1. The minimum atomic E-state index is -0.190. The van der Waals surface area contributed by atoms with Crippen molar-refractivity contribution in [2.24, 2.45) is 0 Å². The van der Waals surface area contributed by atoms with Crippen molar-refractivity contribution >= 4 is 23.2 Å². The first-order chi connectivity index (χ1) is 12.1. The molecule has 1 amide bonds. The van der Waals surface area contributed by atoms with Crippen LogP contribution in [0.25, 0.3) is 5.65 Å². The molecule has 4 rings (SSSR count). The molecule has 2 aromatic heterocycles. The molecule has 2 unspecified atom stereocenters. The third-order valence-electron chi connectivity index (χ3n) is 4.66. The second-order valence-corrected chi connectivity index (χ2v) is 6.62. The van der Waals surface area contributed by atoms with Gasteiger partial charge >= 0.3 is 0 Å². The lowest BCUT2D eigenvalue weighted by atomic mass is 10.0. The topological polar surface area (TPSA) is 95.8 Å². The van der Waals surface area contributed by atoms with Crippen molar-refractivity contribution in [3.05, 3.63) is 17.8 Å². The molecule has 25 heavy (non-hydrogen) atoms. The Morgan fingerprint density at radius 2 is 2.28 bits per heavy atom. The quantitative estimate of drug-likeness (QED) is 0.670. The Morgan fingerprint density at radius 3 is 3.12 bits per heavy atom. The SMILES string of the molecule is CNc1cc2nc3c(cnn13)C(=O)NCCOC1CC(CN(C)C1)N2. The van der Waals surface area contributed by atoms with Gasteiger partial charge in [0.1, 0.15) is 17.2 Å². The van der Waals surface area contributed by atoms with E-state index in [0.717, 1.165) is 31.1 Å². The summed E-state index contributed by atoms with van der Waals surface area (Å²) in [5.41, 5.74) is 0.993. The van der Waals surface area contributed by atoms with Crippen LogP contribution in [0.4, 0.5) is 11.6 Å². The third kappa shape index (κ3) is 3.12. The predicted octanol–water partition coefficient (Wildman–Crippen LogP) is 0.0156. The lowest BCUT2D eigenvalue weighted by molar-refractivity contribution is 0.00450. The van der Waals surface area contributed by atoms with Gasteiger partial charge in [-0.25, -0.2) is 4.98 Å². The van der Waals surface area contributed by atoms with Crippen molar-refractivity contribution in [3.63, 3.8) is 0 Å². The van der Waals surface area contributed by atoms with E-state index in [2.05, 4.69) is 38.0 Å². The molecule has 4 bridgehead atoms. The Labute approximate surface area is 145 Å². The largest absolute Gasteiger partial charge is 0.375 e. The van der Waals surface area contributed by atoms with Crippen molar-refractivity contribution in [2.75, 3.05) is 51.0 Å². The van der Waals surface area contributed by atoms with Crippen LogP contribution in [0.1, 0.15) is 16.8 Å². The molecule has 0 saturated carbocycles. The number of carbonyl (C=O) groups is 1. The van der Waals surface area contributed by atoms with E-state index in [1.54, 1.807) is 10.7 Å². The summed E-state index contributed by atoms with van der Waals surface area (Å²) < 4.78 is 7.60. The standard InChI is InChI=1S/C16H23N7O2/c1-17-14-6-13-20-10-5-11(9-22(2)8-10)25-4-3-18-16(24)12-7-19-23(14)15(12)21-13/h6-7,10-11,17H,3-5,8-9H2,1-2H3,(H,18,24)(H,20,21). The smallest absolute Gasteiger partial charge is 0.256 e. The van der Waals surface area contributed by atoms with Gasteiger partial charge in [0.15, 0.2) is 5.65 Å². The molecule has 134 valence electrons. The zero-order chi connectivity index (χ0) is 17.4. The third-order valence-corrected chi connectivity index (χ3v) is 4.66. The zero-order valence-electron chi connectivity index (χ0n) is 14.5. The number of aromatic nitrogens is 3. The average molecular weight is 345 g/mol. The second kappa shape index (κ2) is 6.49. The fraction of sp³-hybridized carbons (Fsp3) is 0.562. The van der Waals surface area contributed by atoms with E-state index in [4.69, 9.17) is 4.74 Å². The van der Waals surface area contributed by atoms with Crippen LogP contribution >= 0.6 is 0 Å². The molecular weight excluding hydrogens is 322 g/mol. The van der Waals surface area contributed by atoms with E-state index in [-0.39, 0.29) is 18.1 Å². The monoisotopic (exact) mass is 345 g/mol. The molecule has 0 aromatic carbocycles. The molecule has 3 N–H and O–H groups in total. The molecule has 2 aliphatic rings. The molecule has 0 aliphatic carbocycles. The molecule has 1 fully saturated rings. The highest BCUT2D eigenvalue weighted by Crippen LogP contribution is 2.22. The maximum absolute atomic E-state index is 12.5. The number of carbonyl (C=O) groups excluding carboxylic acids is 1. The van der Waals surface area contributed by atoms with Gasteiger partial charge in [0, 0.05) is 38.8 Å². The number of rotatable bonds is 1. The summed E-state index contributed by atoms with van der Waals surface area (Å²) in [4.78, 5) is 19.4. The van der Waals surface area contributed by atoms with Crippen LogP contribution in [0.15, 0.2) is 12.3 Å². The summed E-state index contributed by atoms with van der Waals surface area (Å²) in [6.07, 6.45) is 2.60. The Kier molecular flexibility index (Phi) is 4.18. The summed E-state index contributed by atoms with van der Waals surface area (Å²) in [6.45, 7) is 2.78. The highest BCUT2D eigenvalue weighted by atomic mass is 16.5. The molecule has 4 heterocycles. The molecule has 1 saturated heterocycles. The van der Waals surface area contributed by atoms with E-state index >= 15 is 0 Å². The highest BCUT2D eigenvalue weighted by molar-refractivity contribution is 6.00. The van der Waals surface area contributed by atoms with Gasteiger partial charge in [-0.15, -0.1) is 0 Å². The van der Waals surface area contributed by atoms with Gasteiger partial charge in [-0.2, -0.15) is 9.61 Å². The number of piperidine rings is 1. The molecule has 9 nitrogen and oxygen atoms in total. The average Bonchev–Trinajstić information content (AvgIpc) is 3.00. The zero-order valence-corrected chi connectivity index (χ0v) is 14.5. The van der Waals surface area contributed by atoms with E-state index in [9.17, 15) is 4.79 Å². The number of hydrogen-bond acceptors (Lipinski definition) is 7. The van der Waals surface area contributed by atoms with E-state index in [1.807, 2.05) is 13.1 Å². The highest BCUT2D eigenvalue weighted by Gasteiger charge is 2.27. The molecular formula is C16H23N7O2. The number of likely N-dealkylation sites (tertiary alicyclic amines) is 1. The number of fused-ring (bicyclic) bond motifs is 3. The van der Waals surface area contributed by atoms with Crippen LogP contribution < -0.4 is 16.0 Å². The van der Waals surface area contributed by atoms with Gasteiger partial charge in [0.2, 0.25) is 0 Å². The predicted molar refractivity (Wildman–Crippen MR) is 94.1 cm³/mol. The number of nitrogens with zero attached hydrogens (tertiary/aromatic N) is 4. The summed E-state index contributed by atoms with van der Waals surface area (Å²) in [7, 11) is 3.92. The molecule has 2 aliphatic heterocycles. The van der Waals surface area contributed by atoms with Gasteiger partial charge in [-0.05, 0) is 13.5 Å². The number of likely N-dealkylation sites (N-methyl/N-ethyl adjacent to an activating group) is 1. The summed E-state index contributed by atoms with van der Waals surface area (Å²) in [5.74, 6) is 1.31. The van der Waals surface area contributed by atoms with Crippen molar-refractivity contribution in [3.8, 4) is 0 Å². The van der Waals surface area contributed by atoms with Crippen LogP contribution in [0.5, 0.6) is 0 Å². The molecule has 0 spiro atoms. The molecule has 2 aromatic rings. The Hall–Kier alpha value is -2.39. The first-order valence-corrected chi connectivity index (χ1v) is 8.55. The van der Waals surface area contributed by atoms with Gasteiger partial charge in [0.05, 0.1) is 18.9 Å². The molecule has 0 radical (unpaired) electrons. The Bertz CT molecular complexity index is 790. The van der Waals surface area contributed by atoms with E-state index < -0.39 is 0 Å². The Balaban J connectivity index is 1.76. The summed E-state index contributed by atoms with van der Waals surface area (Å²) in [5, 5.41) is 13.8. The van der Waals surface area contributed by atoms with Gasteiger partial charge in [-0.3, -0.25) is 4.79 Å². The summed E-state index contributed by atoms with van der Waals surface area (Å²) >= 11 is 0. The first-order valence-electron chi connectivity index (χ1n) is 8.55. The number of hydrogen-bond donors (Lipinski definition) is 3. The van der Waals surface area contributed by atoms with Crippen LogP contribution in [0.2, 0.25) is 0 Å². The second-order valence-electron chi connectivity index (χ2n) is 6.62. The van der Waals surface area contributed by atoms with Crippen LogP contribution in [-0.4, -0.2) is 77.9 Å². The maximum atomic E-state index is 12.5. The Morgan fingerprint density at radius 1 is 1.40 bits per heavy atom. The molecule has 9 heteroatoms. The lowest BCUT2D eigenvalue weighted by Gasteiger charge is -2.36. The van der Waals surface area contributed by atoms with Crippen LogP contribution in [0, 0.1) is 0 Å². The van der Waals surface area contributed by atoms with E-state index in [0.29, 0.717) is 24.4 Å². The minimum absolute atomic E-state index is 0.142. The fourth-order valence-electron chi connectivity index (χ4n) is 3.56. The van der Waals surface area contributed by atoms with E-state index in [1.165, 1.54) is 0 Å². The van der Waals surface area contributed by atoms with Crippen LogP contribution in [-0.2, 0) is 4.74 Å². The van der Waals surface area contributed by atoms with Gasteiger partial charge in [-0.1, -0.05) is 0 Å². The van der Waals surface area contributed by atoms with Crippen LogP contribution in [0.3, 0.4) is 0 Å². The first kappa shape index (κ1) is 16.1. The van der Waals surface area contributed by atoms with Gasteiger partial charge in [0.25, 0.3) is 5.91 Å². The summed E-state index contributed by atoms with van der Waals surface area (Å²) in [6, 6.07) is 2.14. The van der Waals surface area contributed by atoms with Crippen molar-refractivity contribution in [2.45, 2.75) is 18.6 Å². The minimum Gasteiger partial charge on any atom is -0.375 e. The lowest BCUT2D eigenvalue weighted by Crippen LogP contribution is -2.48. The fourth-order valence-corrected chi connectivity index (χ4v) is 3.56. The number of ether oxygens (including phenoxy) is 1. The van der Waals surface area contributed by atoms with Gasteiger partial charge < -0.3 is 25.6 Å². The molecule has 2 atom stereocenters. The van der Waals surface area contributed by atoms with Crippen molar-refractivity contribution < 1.29 is 9.53 Å². The number of anilines is 2.